The zero-order chi connectivity index (χ0) is 12.1. The molecule has 1 aromatic heterocycles. The van der Waals surface area contributed by atoms with Gasteiger partial charge in [-0.3, -0.25) is 4.98 Å². The molecule has 0 aliphatic carbocycles. The second-order valence-corrected chi connectivity index (χ2v) is 3.46. The van der Waals surface area contributed by atoms with E-state index in [4.69, 9.17) is 4.74 Å². The first-order chi connectivity index (χ1) is 8.35. The Morgan fingerprint density at radius 1 is 1.12 bits per heavy atom. The molecule has 0 aliphatic rings. The molecule has 2 rings (SSSR count). The number of anilines is 1. The second-order valence-electron chi connectivity index (χ2n) is 3.46. The Morgan fingerprint density at radius 2 is 1.82 bits per heavy atom. The normalized spacial score (nSPS) is 10.0. The summed E-state index contributed by atoms with van der Waals surface area (Å²) in [6.45, 7) is 2.64. The summed E-state index contributed by atoms with van der Waals surface area (Å²) in [6, 6.07) is 7.84. The molecule has 0 spiro atoms. The Morgan fingerprint density at radius 3 is 2.47 bits per heavy atom. The molecule has 0 aliphatic heterocycles. The van der Waals surface area contributed by atoms with Crippen molar-refractivity contribution in [3.05, 3.63) is 36.7 Å². The summed E-state index contributed by atoms with van der Waals surface area (Å²) in [5, 5.41) is 3.03. The van der Waals surface area contributed by atoms with E-state index in [1.54, 1.807) is 12.4 Å². The Hall–Kier alpha value is -2.10. The van der Waals surface area contributed by atoms with E-state index in [0.29, 0.717) is 6.61 Å². The Balaban J connectivity index is 2.33. The van der Waals surface area contributed by atoms with Gasteiger partial charge in [-0.15, -0.1) is 0 Å². The number of aromatic nitrogens is 2. The van der Waals surface area contributed by atoms with E-state index >= 15 is 0 Å². The molecule has 88 valence electrons. The SMILES string of the molecule is CCOc1ccc(-c2nccnc2NC)cc1. The van der Waals surface area contributed by atoms with Gasteiger partial charge in [0.15, 0.2) is 5.82 Å². The molecule has 0 atom stereocenters. The van der Waals surface area contributed by atoms with Crippen molar-refractivity contribution in [1.29, 1.82) is 0 Å². The van der Waals surface area contributed by atoms with Gasteiger partial charge in [0.1, 0.15) is 11.4 Å². The van der Waals surface area contributed by atoms with Crippen LogP contribution in [0.5, 0.6) is 5.75 Å². The monoisotopic (exact) mass is 229 g/mol. The number of rotatable bonds is 4. The molecule has 0 saturated heterocycles. The van der Waals surface area contributed by atoms with Crippen LogP contribution < -0.4 is 10.1 Å². The highest BCUT2D eigenvalue weighted by Crippen LogP contribution is 2.25. The van der Waals surface area contributed by atoms with Crippen molar-refractivity contribution in [3.63, 3.8) is 0 Å². The zero-order valence-electron chi connectivity index (χ0n) is 9.97. The highest BCUT2D eigenvalue weighted by molar-refractivity contribution is 5.71. The highest BCUT2D eigenvalue weighted by atomic mass is 16.5. The van der Waals surface area contributed by atoms with Crippen molar-refractivity contribution in [1.82, 2.24) is 9.97 Å². The summed E-state index contributed by atoms with van der Waals surface area (Å²) in [4.78, 5) is 8.56. The van der Waals surface area contributed by atoms with Crippen LogP contribution in [0, 0.1) is 0 Å². The fourth-order valence-corrected chi connectivity index (χ4v) is 1.61. The van der Waals surface area contributed by atoms with Crippen LogP contribution in [-0.2, 0) is 0 Å². The summed E-state index contributed by atoms with van der Waals surface area (Å²) in [6.07, 6.45) is 3.36. The number of benzene rings is 1. The molecule has 1 heterocycles. The molecule has 17 heavy (non-hydrogen) atoms. The molecule has 4 nitrogen and oxygen atoms in total. The second kappa shape index (κ2) is 5.30. The molecule has 0 fully saturated rings. The maximum Gasteiger partial charge on any atom is 0.152 e. The minimum Gasteiger partial charge on any atom is -0.494 e. The van der Waals surface area contributed by atoms with Gasteiger partial charge in [-0.05, 0) is 31.2 Å². The molecule has 0 radical (unpaired) electrons. The standard InChI is InChI=1S/C13H15N3O/c1-3-17-11-6-4-10(5-7-11)12-13(14-2)16-9-8-15-12/h4-9H,3H2,1-2H3,(H,14,16). The fourth-order valence-electron chi connectivity index (χ4n) is 1.61. The van der Waals surface area contributed by atoms with Crippen molar-refractivity contribution in [3.8, 4) is 17.0 Å². The van der Waals surface area contributed by atoms with Crippen LogP contribution in [0.15, 0.2) is 36.7 Å². The summed E-state index contributed by atoms with van der Waals surface area (Å²) in [5.74, 6) is 1.64. The van der Waals surface area contributed by atoms with Crippen LogP contribution >= 0.6 is 0 Å². The largest absolute Gasteiger partial charge is 0.494 e. The molecule has 0 unspecified atom stereocenters. The van der Waals surface area contributed by atoms with Crippen LogP contribution in [0.2, 0.25) is 0 Å². The quantitative estimate of drug-likeness (QED) is 0.875. The molecule has 0 amide bonds. The van der Waals surface area contributed by atoms with Crippen molar-refractivity contribution in [2.24, 2.45) is 0 Å². The number of nitrogens with one attached hydrogen (secondary N) is 1. The average Bonchev–Trinajstić information content (AvgIpc) is 2.40. The minimum atomic E-state index is 0.673. The lowest BCUT2D eigenvalue weighted by atomic mass is 10.1. The van der Waals surface area contributed by atoms with Crippen LogP contribution in [-0.4, -0.2) is 23.6 Å². The van der Waals surface area contributed by atoms with Gasteiger partial charge < -0.3 is 10.1 Å². The molecule has 0 saturated carbocycles. The molecule has 0 bridgehead atoms. The predicted octanol–water partition coefficient (Wildman–Crippen LogP) is 2.58. The van der Waals surface area contributed by atoms with Crippen LogP contribution in [0.4, 0.5) is 5.82 Å². The number of nitrogens with zero attached hydrogens (tertiary/aromatic N) is 2. The predicted molar refractivity (Wildman–Crippen MR) is 68.2 cm³/mol. The summed E-state index contributed by atoms with van der Waals surface area (Å²) in [7, 11) is 1.84. The number of ether oxygens (including phenoxy) is 1. The number of hydrogen-bond donors (Lipinski definition) is 1. The highest BCUT2D eigenvalue weighted by Gasteiger charge is 2.05. The van der Waals surface area contributed by atoms with Crippen molar-refractivity contribution < 1.29 is 4.74 Å². The zero-order valence-corrected chi connectivity index (χ0v) is 9.97. The smallest absolute Gasteiger partial charge is 0.152 e. The van der Waals surface area contributed by atoms with Gasteiger partial charge in [-0.2, -0.15) is 0 Å². The van der Waals surface area contributed by atoms with Crippen LogP contribution in [0.3, 0.4) is 0 Å². The fraction of sp³-hybridized carbons (Fsp3) is 0.231. The molecular weight excluding hydrogens is 214 g/mol. The lowest BCUT2D eigenvalue weighted by Gasteiger charge is -2.07. The first-order valence-corrected chi connectivity index (χ1v) is 5.57. The summed E-state index contributed by atoms with van der Waals surface area (Å²) >= 11 is 0. The molecule has 1 aromatic carbocycles. The lowest BCUT2D eigenvalue weighted by Crippen LogP contribution is -1.97. The van der Waals surface area contributed by atoms with Crippen LogP contribution in [0.25, 0.3) is 11.3 Å². The number of hydrogen-bond acceptors (Lipinski definition) is 4. The topological polar surface area (TPSA) is 47.0 Å². The van der Waals surface area contributed by atoms with Gasteiger partial charge in [-0.25, -0.2) is 4.98 Å². The van der Waals surface area contributed by atoms with Crippen molar-refractivity contribution in [2.75, 3.05) is 19.0 Å². The van der Waals surface area contributed by atoms with E-state index in [1.807, 2.05) is 38.2 Å². The van der Waals surface area contributed by atoms with Gasteiger partial charge in [-0.1, -0.05) is 0 Å². The van der Waals surface area contributed by atoms with E-state index in [1.165, 1.54) is 0 Å². The van der Waals surface area contributed by atoms with Gasteiger partial charge in [0.2, 0.25) is 0 Å². The Kier molecular flexibility index (Phi) is 3.55. The Labute approximate surface area is 101 Å². The average molecular weight is 229 g/mol. The Bertz CT molecular complexity index is 482. The van der Waals surface area contributed by atoms with Gasteiger partial charge >= 0.3 is 0 Å². The van der Waals surface area contributed by atoms with E-state index in [2.05, 4.69) is 15.3 Å². The summed E-state index contributed by atoms with van der Waals surface area (Å²) < 4.78 is 5.40. The summed E-state index contributed by atoms with van der Waals surface area (Å²) in [5.41, 5.74) is 1.86. The third-order valence-electron chi connectivity index (χ3n) is 2.37. The maximum atomic E-state index is 5.40. The molecule has 4 heteroatoms. The molecule has 2 aromatic rings. The van der Waals surface area contributed by atoms with E-state index < -0.39 is 0 Å². The first kappa shape index (κ1) is 11.4. The van der Waals surface area contributed by atoms with Crippen molar-refractivity contribution in [2.45, 2.75) is 6.92 Å². The molecular formula is C13H15N3O. The van der Waals surface area contributed by atoms with Gasteiger partial charge in [0.05, 0.1) is 6.61 Å². The lowest BCUT2D eigenvalue weighted by molar-refractivity contribution is 0.340. The third-order valence-corrected chi connectivity index (χ3v) is 2.37. The molecule has 1 N–H and O–H groups in total. The van der Waals surface area contributed by atoms with E-state index in [-0.39, 0.29) is 0 Å². The van der Waals surface area contributed by atoms with E-state index in [0.717, 1.165) is 22.8 Å². The van der Waals surface area contributed by atoms with Crippen LogP contribution in [0.1, 0.15) is 6.92 Å². The van der Waals surface area contributed by atoms with Gasteiger partial charge in [0.25, 0.3) is 0 Å². The minimum absolute atomic E-state index is 0.673. The first-order valence-electron chi connectivity index (χ1n) is 5.57. The third kappa shape index (κ3) is 2.53. The van der Waals surface area contributed by atoms with Gasteiger partial charge in [0, 0.05) is 25.0 Å². The van der Waals surface area contributed by atoms with E-state index in [9.17, 15) is 0 Å². The van der Waals surface area contributed by atoms with Crippen molar-refractivity contribution >= 4 is 5.82 Å². The maximum absolute atomic E-state index is 5.40.